The third-order valence-electron chi connectivity index (χ3n) is 6.28. The standard InChI is InChI=1S/C26H26FN4/c1-17-12-19(13-18(2)25(17)31-10-8-30(3)9-11-31)20-14-22-23(16-29-26(22)28-15-20)21-6-4-5-7-24(21)27/h4,6-7,12-16H,8-11H2,1-3H3,(H,28,29). The predicted molar refractivity (Wildman–Crippen MR) is 125 cm³/mol. The van der Waals surface area contributed by atoms with Crippen LogP contribution in [0.25, 0.3) is 33.3 Å². The summed E-state index contributed by atoms with van der Waals surface area (Å²) in [6.07, 6.45) is 3.72. The Morgan fingerprint density at radius 1 is 1.00 bits per heavy atom. The number of benzene rings is 2. The first kappa shape index (κ1) is 19.8. The van der Waals surface area contributed by atoms with Crippen LogP contribution in [0.2, 0.25) is 0 Å². The monoisotopic (exact) mass is 413 g/mol. The van der Waals surface area contributed by atoms with Gasteiger partial charge in [-0.2, -0.15) is 0 Å². The lowest BCUT2D eigenvalue weighted by atomic mass is 9.97. The number of hydrogen-bond acceptors (Lipinski definition) is 3. The first-order valence-corrected chi connectivity index (χ1v) is 10.7. The van der Waals surface area contributed by atoms with E-state index in [1.807, 2.05) is 12.4 Å². The first-order chi connectivity index (χ1) is 15.0. The van der Waals surface area contributed by atoms with Crippen molar-refractivity contribution in [2.24, 2.45) is 0 Å². The summed E-state index contributed by atoms with van der Waals surface area (Å²) in [6, 6.07) is 14.2. The number of aromatic amines is 1. The van der Waals surface area contributed by atoms with Gasteiger partial charge in [0.05, 0.1) is 0 Å². The molecule has 0 spiro atoms. The van der Waals surface area contributed by atoms with Crippen molar-refractivity contribution in [1.29, 1.82) is 0 Å². The number of piperazine rings is 1. The molecule has 0 unspecified atom stereocenters. The lowest BCUT2D eigenvalue weighted by Gasteiger charge is -2.36. The van der Waals surface area contributed by atoms with E-state index < -0.39 is 0 Å². The smallest absolute Gasteiger partial charge is 0.137 e. The molecule has 1 saturated heterocycles. The third-order valence-corrected chi connectivity index (χ3v) is 6.28. The topological polar surface area (TPSA) is 35.2 Å². The molecule has 1 aliphatic heterocycles. The zero-order valence-corrected chi connectivity index (χ0v) is 18.2. The minimum Gasteiger partial charge on any atom is -0.369 e. The molecule has 1 fully saturated rings. The fraction of sp³-hybridized carbons (Fsp3) is 0.269. The summed E-state index contributed by atoms with van der Waals surface area (Å²) in [7, 11) is 2.18. The van der Waals surface area contributed by atoms with E-state index in [-0.39, 0.29) is 5.82 Å². The number of fused-ring (bicyclic) bond motifs is 1. The second-order valence-electron chi connectivity index (χ2n) is 8.48. The van der Waals surface area contributed by atoms with E-state index in [0.717, 1.165) is 53.9 Å². The van der Waals surface area contributed by atoms with E-state index in [0.29, 0.717) is 5.56 Å². The number of anilines is 1. The number of aromatic nitrogens is 2. The van der Waals surface area contributed by atoms with Crippen molar-refractivity contribution in [1.82, 2.24) is 14.9 Å². The molecule has 5 rings (SSSR count). The zero-order chi connectivity index (χ0) is 21.5. The van der Waals surface area contributed by atoms with Crippen molar-refractivity contribution in [3.05, 3.63) is 71.8 Å². The number of H-pyrrole nitrogens is 1. The molecule has 4 nitrogen and oxygen atoms in total. The zero-order valence-electron chi connectivity index (χ0n) is 18.2. The highest BCUT2D eigenvalue weighted by molar-refractivity contribution is 5.96. The van der Waals surface area contributed by atoms with Gasteiger partial charge in [0.2, 0.25) is 0 Å². The molecular weight excluding hydrogens is 387 g/mol. The van der Waals surface area contributed by atoms with Gasteiger partial charge in [-0.1, -0.05) is 12.1 Å². The maximum absolute atomic E-state index is 14.4. The van der Waals surface area contributed by atoms with Crippen LogP contribution >= 0.6 is 0 Å². The van der Waals surface area contributed by atoms with Crippen molar-refractivity contribution >= 4 is 16.7 Å². The van der Waals surface area contributed by atoms with E-state index in [4.69, 9.17) is 0 Å². The van der Waals surface area contributed by atoms with Crippen LogP contribution in [0.15, 0.2) is 48.8 Å². The Labute approximate surface area is 182 Å². The van der Waals surface area contributed by atoms with Gasteiger partial charge in [0, 0.05) is 66.3 Å². The normalized spacial score (nSPS) is 15.0. The van der Waals surface area contributed by atoms with E-state index in [1.165, 1.54) is 22.9 Å². The summed E-state index contributed by atoms with van der Waals surface area (Å²) in [5.74, 6) is -0.281. The van der Waals surface area contributed by atoms with Crippen LogP contribution in [0.4, 0.5) is 10.1 Å². The van der Waals surface area contributed by atoms with E-state index in [9.17, 15) is 4.39 Å². The lowest BCUT2D eigenvalue weighted by Crippen LogP contribution is -2.45. The number of aryl methyl sites for hydroxylation is 2. The van der Waals surface area contributed by atoms with Crippen molar-refractivity contribution in [3.8, 4) is 22.3 Å². The van der Waals surface area contributed by atoms with Crippen LogP contribution in [0, 0.1) is 25.7 Å². The molecule has 4 aromatic rings. The number of rotatable bonds is 3. The summed E-state index contributed by atoms with van der Waals surface area (Å²) in [6.45, 7) is 8.66. The van der Waals surface area contributed by atoms with Gasteiger partial charge in [-0.15, -0.1) is 0 Å². The predicted octanol–water partition coefficient (Wildman–Crippen LogP) is 5.20. The van der Waals surface area contributed by atoms with E-state index >= 15 is 0 Å². The van der Waals surface area contributed by atoms with Gasteiger partial charge in [0.15, 0.2) is 0 Å². The first-order valence-electron chi connectivity index (χ1n) is 10.7. The maximum atomic E-state index is 14.4. The van der Waals surface area contributed by atoms with Crippen LogP contribution in [0.5, 0.6) is 0 Å². The van der Waals surface area contributed by atoms with Gasteiger partial charge in [-0.05, 0) is 67.9 Å². The fourth-order valence-corrected chi connectivity index (χ4v) is 4.66. The molecule has 0 saturated carbocycles. The van der Waals surface area contributed by atoms with Crippen LogP contribution in [-0.2, 0) is 0 Å². The summed E-state index contributed by atoms with van der Waals surface area (Å²) < 4.78 is 14.4. The van der Waals surface area contributed by atoms with Crippen LogP contribution in [0.3, 0.4) is 0 Å². The second kappa shape index (κ2) is 7.82. The molecule has 2 aromatic heterocycles. The number of hydrogen-bond donors (Lipinski definition) is 1. The number of nitrogens with zero attached hydrogens (tertiary/aromatic N) is 3. The number of likely N-dealkylation sites (N-methyl/N-ethyl adjacent to an activating group) is 1. The SMILES string of the molecule is Cc1cc(-c2cnc3[nH]cc(-c4cc[c]cc4F)c3c2)cc(C)c1N1CCN(C)CC1. The molecule has 2 aromatic carbocycles. The maximum Gasteiger partial charge on any atom is 0.137 e. The Hall–Kier alpha value is -3.18. The fourth-order valence-electron chi connectivity index (χ4n) is 4.66. The Kier molecular flexibility index (Phi) is 4.98. The summed E-state index contributed by atoms with van der Waals surface area (Å²) in [5, 5.41) is 0.918. The van der Waals surface area contributed by atoms with E-state index in [2.05, 4.69) is 64.9 Å². The molecule has 0 aliphatic carbocycles. The Bertz CT molecular complexity index is 1230. The average Bonchev–Trinajstić information content (AvgIpc) is 3.18. The molecule has 5 heteroatoms. The van der Waals surface area contributed by atoms with Crippen LogP contribution < -0.4 is 4.90 Å². The third kappa shape index (κ3) is 3.59. The largest absolute Gasteiger partial charge is 0.369 e. The number of halogens is 1. The van der Waals surface area contributed by atoms with Crippen LogP contribution in [-0.4, -0.2) is 48.1 Å². The minimum absolute atomic E-state index is 0.281. The van der Waals surface area contributed by atoms with Gasteiger partial charge in [-0.3, -0.25) is 0 Å². The van der Waals surface area contributed by atoms with Gasteiger partial charge in [-0.25, -0.2) is 9.37 Å². The number of nitrogens with one attached hydrogen (secondary N) is 1. The molecule has 1 N–H and O–H groups in total. The Morgan fingerprint density at radius 3 is 2.45 bits per heavy atom. The van der Waals surface area contributed by atoms with Gasteiger partial charge in [0.25, 0.3) is 0 Å². The van der Waals surface area contributed by atoms with Crippen LogP contribution in [0.1, 0.15) is 11.1 Å². The second-order valence-corrected chi connectivity index (χ2v) is 8.48. The van der Waals surface area contributed by atoms with Gasteiger partial charge < -0.3 is 14.8 Å². The quantitative estimate of drug-likeness (QED) is 0.501. The summed E-state index contributed by atoms with van der Waals surface area (Å²) in [5.41, 5.74) is 8.20. The summed E-state index contributed by atoms with van der Waals surface area (Å²) in [4.78, 5) is 12.7. The molecule has 0 bridgehead atoms. The molecule has 1 aliphatic rings. The number of pyridine rings is 1. The van der Waals surface area contributed by atoms with Crippen molar-refractivity contribution < 1.29 is 4.39 Å². The molecule has 0 amide bonds. The van der Waals surface area contributed by atoms with Crippen molar-refractivity contribution in [2.45, 2.75) is 13.8 Å². The molecule has 31 heavy (non-hydrogen) atoms. The van der Waals surface area contributed by atoms with E-state index in [1.54, 1.807) is 12.1 Å². The lowest BCUT2D eigenvalue weighted by molar-refractivity contribution is 0.312. The van der Waals surface area contributed by atoms with Gasteiger partial charge in [0.1, 0.15) is 11.5 Å². The highest BCUT2D eigenvalue weighted by Crippen LogP contribution is 2.35. The molecule has 1 radical (unpaired) electrons. The Morgan fingerprint density at radius 2 is 1.74 bits per heavy atom. The highest BCUT2D eigenvalue weighted by atomic mass is 19.1. The highest BCUT2D eigenvalue weighted by Gasteiger charge is 2.19. The van der Waals surface area contributed by atoms with Crippen molar-refractivity contribution in [3.63, 3.8) is 0 Å². The molecular formula is C26H26FN4. The molecule has 3 heterocycles. The molecule has 0 atom stereocenters. The Balaban J connectivity index is 1.55. The average molecular weight is 414 g/mol. The van der Waals surface area contributed by atoms with Gasteiger partial charge >= 0.3 is 0 Å². The molecule has 157 valence electrons. The minimum atomic E-state index is -0.281. The summed E-state index contributed by atoms with van der Waals surface area (Å²) >= 11 is 0. The van der Waals surface area contributed by atoms with Crippen molar-refractivity contribution in [2.75, 3.05) is 38.1 Å².